The molecule has 0 aliphatic carbocycles. The maximum Gasteiger partial charge on any atom is 0.250 e. The van der Waals surface area contributed by atoms with Crippen LogP contribution in [-0.2, 0) is 6.54 Å². The zero-order valence-electron chi connectivity index (χ0n) is 18.2. The van der Waals surface area contributed by atoms with Crippen molar-refractivity contribution in [1.82, 2.24) is 4.90 Å². The number of hydrogen-bond acceptors (Lipinski definition) is 5. The first-order valence-electron chi connectivity index (χ1n) is 11.0. The third-order valence-electron chi connectivity index (χ3n) is 6.00. The van der Waals surface area contributed by atoms with Crippen LogP contribution in [0.25, 0.3) is 0 Å². The number of carbonyl (C=O) groups is 1. The molecular formula is C26H30N4O2. The van der Waals surface area contributed by atoms with E-state index in [0.717, 1.165) is 50.5 Å². The van der Waals surface area contributed by atoms with E-state index < -0.39 is 5.91 Å². The molecule has 0 atom stereocenters. The Morgan fingerprint density at radius 3 is 2.22 bits per heavy atom. The molecule has 3 aromatic rings. The number of primary amides is 1. The summed E-state index contributed by atoms with van der Waals surface area (Å²) in [7, 11) is 0. The predicted molar refractivity (Wildman–Crippen MR) is 129 cm³/mol. The molecule has 0 radical (unpaired) electrons. The van der Waals surface area contributed by atoms with Crippen LogP contribution in [0.15, 0.2) is 78.9 Å². The maximum absolute atomic E-state index is 12.0. The zero-order chi connectivity index (χ0) is 22.3. The van der Waals surface area contributed by atoms with Gasteiger partial charge >= 0.3 is 0 Å². The number of amides is 1. The fourth-order valence-electron chi connectivity index (χ4n) is 4.19. The highest BCUT2D eigenvalue weighted by Crippen LogP contribution is 2.23. The number of aromatic hydroxyl groups is 1. The molecule has 1 heterocycles. The largest absolute Gasteiger partial charge is 0.508 e. The molecule has 166 valence electrons. The van der Waals surface area contributed by atoms with Crippen LogP contribution in [0.1, 0.15) is 15.9 Å². The monoisotopic (exact) mass is 430 g/mol. The number of nitrogens with two attached hydrogens (primary N) is 1. The highest BCUT2D eigenvalue weighted by atomic mass is 16.3. The lowest BCUT2D eigenvalue weighted by molar-refractivity contribution is 0.100. The van der Waals surface area contributed by atoms with Crippen molar-refractivity contribution in [2.75, 3.05) is 49.1 Å². The Labute approximate surface area is 189 Å². The minimum Gasteiger partial charge on any atom is -0.508 e. The Morgan fingerprint density at radius 1 is 0.875 bits per heavy atom. The van der Waals surface area contributed by atoms with Crippen molar-refractivity contribution in [2.45, 2.75) is 6.54 Å². The molecule has 4 rings (SSSR count). The molecule has 6 heteroatoms. The van der Waals surface area contributed by atoms with Crippen molar-refractivity contribution in [3.05, 3.63) is 90.0 Å². The molecule has 1 fully saturated rings. The molecule has 1 amide bonds. The van der Waals surface area contributed by atoms with Crippen LogP contribution in [0.2, 0.25) is 0 Å². The van der Waals surface area contributed by atoms with Gasteiger partial charge in [-0.25, -0.2) is 0 Å². The third kappa shape index (κ3) is 5.39. The minimum absolute atomic E-state index is 0.245. The number of piperazine rings is 1. The number of rotatable bonds is 8. The van der Waals surface area contributed by atoms with Crippen LogP contribution in [0.3, 0.4) is 0 Å². The Kier molecular flexibility index (Phi) is 6.92. The number of phenolic OH excluding ortho intramolecular Hbond substituents is 1. The first-order valence-corrected chi connectivity index (χ1v) is 11.0. The molecule has 0 aromatic heterocycles. The number of hydrogen-bond donors (Lipinski definition) is 2. The lowest BCUT2D eigenvalue weighted by atomic mass is 10.1. The van der Waals surface area contributed by atoms with Gasteiger partial charge in [0, 0.05) is 57.2 Å². The van der Waals surface area contributed by atoms with Crippen LogP contribution >= 0.6 is 0 Å². The van der Waals surface area contributed by atoms with Gasteiger partial charge in [-0.05, 0) is 42.0 Å². The number of carbonyl (C=O) groups excluding carboxylic acids is 1. The van der Waals surface area contributed by atoms with Crippen molar-refractivity contribution in [3.8, 4) is 5.75 Å². The molecule has 0 unspecified atom stereocenters. The van der Waals surface area contributed by atoms with Crippen LogP contribution in [0.5, 0.6) is 5.75 Å². The zero-order valence-corrected chi connectivity index (χ0v) is 18.2. The Morgan fingerprint density at radius 2 is 1.53 bits per heavy atom. The fourth-order valence-corrected chi connectivity index (χ4v) is 4.19. The van der Waals surface area contributed by atoms with E-state index in [9.17, 15) is 9.90 Å². The summed E-state index contributed by atoms with van der Waals surface area (Å²) in [6.45, 7) is 6.30. The van der Waals surface area contributed by atoms with Crippen molar-refractivity contribution in [1.29, 1.82) is 0 Å². The topological polar surface area (TPSA) is 73.0 Å². The molecule has 3 N–H and O–H groups in total. The highest BCUT2D eigenvalue weighted by Gasteiger charge is 2.20. The van der Waals surface area contributed by atoms with Gasteiger partial charge in [0.25, 0.3) is 5.91 Å². The number of benzene rings is 3. The summed E-state index contributed by atoms with van der Waals surface area (Å²) in [5.41, 5.74) is 9.37. The first kappa shape index (κ1) is 21.7. The molecule has 1 saturated heterocycles. The van der Waals surface area contributed by atoms with E-state index >= 15 is 0 Å². The molecule has 6 nitrogen and oxygen atoms in total. The Hall–Kier alpha value is -3.51. The van der Waals surface area contributed by atoms with Crippen molar-refractivity contribution < 1.29 is 9.90 Å². The number of nitrogens with zero attached hydrogens (tertiary/aromatic N) is 3. The Balaban J connectivity index is 1.44. The van der Waals surface area contributed by atoms with Crippen LogP contribution < -0.4 is 15.5 Å². The van der Waals surface area contributed by atoms with Gasteiger partial charge in [-0.2, -0.15) is 0 Å². The van der Waals surface area contributed by atoms with E-state index in [2.05, 4.69) is 39.0 Å². The smallest absolute Gasteiger partial charge is 0.250 e. The van der Waals surface area contributed by atoms with E-state index in [0.29, 0.717) is 12.1 Å². The predicted octanol–water partition coefficient (Wildman–Crippen LogP) is 3.32. The standard InChI is InChI=1S/C26H30N4O2/c27-26(32)24-8-4-5-9-25(24)30(20-21-10-12-23(31)13-11-21)19-16-28-14-17-29(18-15-28)22-6-2-1-3-7-22/h1-13,31H,14-20H2,(H2,27,32). The van der Waals surface area contributed by atoms with Gasteiger partial charge in [0.2, 0.25) is 0 Å². The average Bonchev–Trinajstić information content (AvgIpc) is 2.84. The van der Waals surface area contributed by atoms with Crippen molar-refractivity contribution >= 4 is 17.3 Å². The second-order valence-corrected chi connectivity index (χ2v) is 8.13. The summed E-state index contributed by atoms with van der Waals surface area (Å²) in [5, 5.41) is 9.62. The highest BCUT2D eigenvalue weighted by molar-refractivity contribution is 5.98. The SMILES string of the molecule is NC(=O)c1ccccc1N(CCN1CCN(c2ccccc2)CC1)Cc1ccc(O)cc1. The van der Waals surface area contributed by atoms with Crippen molar-refractivity contribution in [3.63, 3.8) is 0 Å². The van der Waals surface area contributed by atoms with E-state index in [1.807, 2.05) is 36.4 Å². The number of anilines is 2. The number of phenols is 1. The van der Waals surface area contributed by atoms with Gasteiger partial charge in [0.15, 0.2) is 0 Å². The van der Waals surface area contributed by atoms with Gasteiger partial charge in [0.1, 0.15) is 5.75 Å². The van der Waals surface area contributed by atoms with Crippen molar-refractivity contribution in [2.24, 2.45) is 5.73 Å². The summed E-state index contributed by atoms with van der Waals surface area (Å²) >= 11 is 0. The van der Waals surface area contributed by atoms with E-state index in [-0.39, 0.29) is 5.75 Å². The van der Waals surface area contributed by atoms with Crippen LogP contribution in [0, 0.1) is 0 Å². The Bertz CT molecular complexity index is 1020. The molecule has 1 aliphatic heterocycles. The molecule has 32 heavy (non-hydrogen) atoms. The quantitative estimate of drug-likeness (QED) is 0.574. The van der Waals surface area contributed by atoms with E-state index in [4.69, 9.17) is 5.73 Å². The number of para-hydroxylation sites is 2. The molecule has 1 aliphatic rings. The second kappa shape index (κ2) is 10.2. The normalized spacial score (nSPS) is 14.3. The lowest BCUT2D eigenvalue weighted by Gasteiger charge is -2.37. The lowest BCUT2D eigenvalue weighted by Crippen LogP contribution is -2.48. The third-order valence-corrected chi connectivity index (χ3v) is 6.00. The van der Waals surface area contributed by atoms with E-state index in [1.54, 1.807) is 18.2 Å². The summed E-state index contributed by atoms with van der Waals surface area (Å²) in [5.74, 6) is -0.179. The maximum atomic E-state index is 12.0. The molecular weight excluding hydrogens is 400 g/mol. The van der Waals surface area contributed by atoms with Gasteiger partial charge in [-0.1, -0.05) is 42.5 Å². The summed E-state index contributed by atoms with van der Waals surface area (Å²) in [6, 6.07) is 25.2. The summed E-state index contributed by atoms with van der Waals surface area (Å²) in [6.07, 6.45) is 0. The van der Waals surface area contributed by atoms with Gasteiger partial charge in [-0.15, -0.1) is 0 Å². The molecule has 0 spiro atoms. The van der Waals surface area contributed by atoms with Gasteiger partial charge in [-0.3, -0.25) is 9.69 Å². The van der Waals surface area contributed by atoms with Crippen LogP contribution in [0.4, 0.5) is 11.4 Å². The van der Waals surface area contributed by atoms with E-state index in [1.165, 1.54) is 5.69 Å². The van der Waals surface area contributed by atoms with Crippen LogP contribution in [-0.4, -0.2) is 55.2 Å². The van der Waals surface area contributed by atoms with Gasteiger partial charge < -0.3 is 20.6 Å². The molecule has 3 aromatic carbocycles. The molecule has 0 saturated carbocycles. The fraction of sp³-hybridized carbons (Fsp3) is 0.269. The van der Waals surface area contributed by atoms with Gasteiger partial charge in [0.05, 0.1) is 5.56 Å². The molecule has 0 bridgehead atoms. The summed E-state index contributed by atoms with van der Waals surface area (Å²) < 4.78 is 0. The minimum atomic E-state index is -0.423. The summed E-state index contributed by atoms with van der Waals surface area (Å²) in [4.78, 5) is 19.1. The average molecular weight is 431 g/mol. The first-order chi connectivity index (χ1) is 15.6. The second-order valence-electron chi connectivity index (χ2n) is 8.13.